The molecule has 1 aliphatic rings. The molecule has 1 aliphatic heterocycles. The molecule has 2 aromatic rings. The first-order valence-corrected chi connectivity index (χ1v) is 10.0. The number of thioether (sulfide) groups is 1. The molecule has 0 bridgehead atoms. The van der Waals surface area contributed by atoms with Crippen LogP contribution < -0.4 is 0 Å². The van der Waals surface area contributed by atoms with Crippen LogP contribution in [-0.4, -0.2) is 47.6 Å². The van der Waals surface area contributed by atoms with Crippen molar-refractivity contribution in [2.75, 3.05) is 31.9 Å². The fourth-order valence-electron chi connectivity index (χ4n) is 3.11. The molecule has 0 saturated carbocycles. The summed E-state index contributed by atoms with van der Waals surface area (Å²) < 4.78 is 0. The highest BCUT2D eigenvalue weighted by Gasteiger charge is 2.20. The first-order chi connectivity index (χ1) is 12.2. The third-order valence-corrected chi connectivity index (χ3v) is 5.68. The number of carbonyl (C=O) groups is 1. The van der Waals surface area contributed by atoms with Crippen molar-refractivity contribution in [1.82, 2.24) is 9.80 Å². The van der Waals surface area contributed by atoms with E-state index >= 15 is 0 Å². The van der Waals surface area contributed by atoms with Gasteiger partial charge >= 0.3 is 0 Å². The van der Waals surface area contributed by atoms with Crippen molar-refractivity contribution in [3.8, 4) is 0 Å². The van der Waals surface area contributed by atoms with Gasteiger partial charge in [-0.05, 0) is 23.6 Å². The van der Waals surface area contributed by atoms with Gasteiger partial charge in [-0.2, -0.15) is 0 Å². The largest absolute Gasteiger partial charge is 0.339 e. The van der Waals surface area contributed by atoms with Crippen LogP contribution in [0.3, 0.4) is 0 Å². The van der Waals surface area contributed by atoms with Crippen molar-refractivity contribution in [2.45, 2.75) is 19.2 Å². The van der Waals surface area contributed by atoms with Crippen molar-refractivity contribution in [1.29, 1.82) is 0 Å². The normalized spacial score (nSPS) is 15.3. The van der Waals surface area contributed by atoms with Crippen LogP contribution in [-0.2, 0) is 17.1 Å². The van der Waals surface area contributed by atoms with Crippen LogP contribution >= 0.6 is 11.8 Å². The van der Waals surface area contributed by atoms with Gasteiger partial charge in [-0.15, -0.1) is 11.8 Å². The average molecular weight is 355 g/mol. The monoisotopic (exact) mass is 354 g/mol. The number of piperazine rings is 1. The third-order valence-electron chi connectivity index (χ3n) is 4.72. The molecule has 1 heterocycles. The Morgan fingerprint density at radius 1 is 0.960 bits per heavy atom. The van der Waals surface area contributed by atoms with E-state index in [1.165, 1.54) is 16.7 Å². The molecule has 0 spiro atoms. The molecule has 25 heavy (non-hydrogen) atoms. The van der Waals surface area contributed by atoms with Gasteiger partial charge in [0.05, 0.1) is 5.75 Å². The van der Waals surface area contributed by atoms with E-state index in [0.29, 0.717) is 5.75 Å². The van der Waals surface area contributed by atoms with Gasteiger partial charge < -0.3 is 4.90 Å². The Kier molecular flexibility index (Phi) is 6.54. The molecule has 0 aromatic heterocycles. The Morgan fingerprint density at radius 2 is 1.64 bits per heavy atom. The van der Waals surface area contributed by atoms with E-state index in [-0.39, 0.29) is 5.91 Å². The minimum Gasteiger partial charge on any atom is -0.339 e. The molecule has 1 saturated heterocycles. The van der Waals surface area contributed by atoms with Gasteiger partial charge in [0.25, 0.3) is 0 Å². The SMILES string of the molecule is Cc1ccccc1CSCC(=O)N1CCN(Cc2ccccc2)CC1. The lowest BCUT2D eigenvalue weighted by molar-refractivity contribution is -0.130. The Balaban J connectivity index is 1.39. The van der Waals surface area contributed by atoms with E-state index in [0.717, 1.165) is 38.5 Å². The van der Waals surface area contributed by atoms with Crippen molar-refractivity contribution in [2.24, 2.45) is 0 Å². The number of benzene rings is 2. The van der Waals surface area contributed by atoms with Crippen LogP contribution in [0.2, 0.25) is 0 Å². The van der Waals surface area contributed by atoms with Gasteiger partial charge in [0.15, 0.2) is 0 Å². The molecule has 3 rings (SSSR count). The maximum absolute atomic E-state index is 12.4. The number of hydrogen-bond acceptors (Lipinski definition) is 3. The lowest BCUT2D eigenvalue weighted by Crippen LogP contribution is -2.48. The summed E-state index contributed by atoms with van der Waals surface area (Å²) in [4.78, 5) is 16.9. The summed E-state index contributed by atoms with van der Waals surface area (Å²) in [6.07, 6.45) is 0. The summed E-state index contributed by atoms with van der Waals surface area (Å²) >= 11 is 1.72. The van der Waals surface area contributed by atoms with Crippen LogP contribution in [0.5, 0.6) is 0 Å². The molecule has 0 aliphatic carbocycles. The molecule has 1 fully saturated rings. The van der Waals surface area contributed by atoms with E-state index in [9.17, 15) is 4.79 Å². The minimum absolute atomic E-state index is 0.276. The highest BCUT2D eigenvalue weighted by atomic mass is 32.2. The number of rotatable bonds is 6. The predicted molar refractivity (Wildman–Crippen MR) is 106 cm³/mol. The van der Waals surface area contributed by atoms with E-state index in [4.69, 9.17) is 0 Å². The van der Waals surface area contributed by atoms with E-state index in [1.807, 2.05) is 4.90 Å². The zero-order valence-corrected chi connectivity index (χ0v) is 15.7. The molecular weight excluding hydrogens is 328 g/mol. The summed E-state index contributed by atoms with van der Waals surface area (Å²) in [6.45, 7) is 6.72. The average Bonchev–Trinajstić information content (AvgIpc) is 2.65. The Labute approximate surface area is 155 Å². The lowest BCUT2D eigenvalue weighted by atomic mass is 10.1. The number of carbonyl (C=O) groups excluding carboxylic acids is 1. The van der Waals surface area contributed by atoms with Crippen molar-refractivity contribution < 1.29 is 4.79 Å². The molecule has 4 heteroatoms. The standard InChI is InChI=1S/C21H26N2OS/c1-18-7-5-6-10-20(18)16-25-17-21(24)23-13-11-22(12-14-23)15-19-8-3-2-4-9-19/h2-10H,11-17H2,1H3. The van der Waals surface area contributed by atoms with Crippen molar-refractivity contribution in [3.05, 3.63) is 71.3 Å². The molecule has 0 unspecified atom stereocenters. The first-order valence-electron chi connectivity index (χ1n) is 8.88. The lowest BCUT2D eigenvalue weighted by Gasteiger charge is -2.34. The van der Waals surface area contributed by atoms with Crippen LogP contribution in [0.1, 0.15) is 16.7 Å². The van der Waals surface area contributed by atoms with Gasteiger partial charge in [-0.1, -0.05) is 54.6 Å². The molecule has 1 amide bonds. The van der Waals surface area contributed by atoms with E-state index < -0.39 is 0 Å². The summed E-state index contributed by atoms with van der Waals surface area (Å²) in [5.41, 5.74) is 3.97. The first kappa shape index (κ1) is 18.0. The highest BCUT2D eigenvalue weighted by molar-refractivity contribution is 7.99. The second-order valence-electron chi connectivity index (χ2n) is 6.56. The van der Waals surface area contributed by atoms with Gasteiger partial charge in [0.1, 0.15) is 0 Å². The Bertz CT molecular complexity index is 681. The maximum Gasteiger partial charge on any atom is 0.232 e. The van der Waals surface area contributed by atoms with Gasteiger partial charge in [-0.3, -0.25) is 9.69 Å². The summed E-state index contributed by atoms with van der Waals surface area (Å²) in [5, 5.41) is 0. The van der Waals surface area contributed by atoms with Crippen molar-refractivity contribution in [3.63, 3.8) is 0 Å². The fraction of sp³-hybridized carbons (Fsp3) is 0.381. The van der Waals surface area contributed by atoms with Crippen molar-refractivity contribution >= 4 is 17.7 Å². The zero-order valence-electron chi connectivity index (χ0n) is 14.9. The molecule has 3 nitrogen and oxygen atoms in total. The number of hydrogen-bond donors (Lipinski definition) is 0. The number of aryl methyl sites for hydroxylation is 1. The van der Waals surface area contributed by atoms with Gasteiger partial charge in [-0.25, -0.2) is 0 Å². The summed E-state index contributed by atoms with van der Waals surface area (Å²) in [6, 6.07) is 19.0. The minimum atomic E-state index is 0.276. The van der Waals surface area contributed by atoms with E-state index in [1.54, 1.807) is 11.8 Å². The molecular formula is C21H26N2OS. The number of amides is 1. The fourth-order valence-corrected chi connectivity index (χ4v) is 4.11. The molecule has 132 valence electrons. The Morgan fingerprint density at radius 3 is 2.36 bits per heavy atom. The predicted octanol–water partition coefficient (Wildman–Crippen LogP) is 3.57. The van der Waals surface area contributed by atoms with E-state index in [2.05, 4.69) is 66.4 Å². The maximum atomic E-state index is 12.4. The molecule has 0 N–H and O–H groups in total. The van der Waals surface area contributed by atoms with Crippen LogP contribution in [0, 0.1) is 6.92 Å². The van der Waals surface area contributed by atoms with Crippen LogP contribution in [0.15, 0.2) is 54.6 Å². The third kappa shape index (κ3) is 5.35. The summed E-state index contributed by atoms with van der Waals surface area (Å²) in [5.74, 6) is 1.76. The quantitative estimate of drug-likeness (QED) is 0.792. The van der Waals surface area contributed by atoms with Crippen LogP contribution in [0.4, 0.5) is 0 Å². The van der Waals surface area contributed by atoms with Gasteiger partial charge in [0, 0.05) is 38.5 Å². The second kappa shape index (κ2) is 9.07. The molecule has 0 radical (unpaired) electrons. The molecule has 0 atom stereocenters. The smallest absolute Gasteiger partial charge is 0.232 e. The number of nitrogens with zero attached hydrogens (tertiary/aromatic N) is 2. The van der Waals surface area contributed by atoms with Crippen LogP contribution in [0.25, 0.3) is 0 Å². The topological polar surface area (TPSA) is 23.6 Å². The zero-order chi connectivity index (χ0) is 17.5. The second-order valence-corrected chi connectivity index (χ2v) is 7.55. The summed E-state index contributed by atoms with van der Waals surface area (Å²) in [7, 11) is 0. The Hall–Kier alpha value is -1.78. The van der Waals surface area contributed by atoms with Gasteiger partial charge in [0.2, 0.25) is 5.91 Å². The highest BCUT2D eigenvalue weighted by Crippen LogP contribution is 2.17. The molecule has 2 aromatic carbocycles.